The molecule has 0 atom stereocenters. The molecule has 0 N–H and O–H groups in total. The number of pyridine rings is 8. The van der Waals surface area contributed by atoms with Gasteiger partial charge in [0.05, 0.1) is 23.2 Å². The van der Waals surface area contributed by atoms with Crippen molar-refractivity contribution >= 4 is 35.3 Å². The average molecular weight is 1600 g/mol. The van der Waals surface area contributed by atoms with Crippen LogP contribution in [-0.4, -0.2) is 114 Å². The maximum atomic E-state index is 4.84. The SMILES string of the molecule is C[N+]1=C=[N+](C2(c3[c-]c(C4(c5cc[n-]n5)c5cnccc5-c5ccncc54)ccc3)c3cnccc3-c3ccncc32)c2nccnc21.C[N+]1=C=[N+](C2(c3[c-]c(C4(c5cc[n-]n5)c5cnccc5-c5ccncc54)ccc3)c3cnccc3-c3ccncc32)c2nccnc21.[Pt+2].[Pt+2]. The van der Waals surface area contributed by atoms with E-state index in [1.54, 1.807) is 37.2 Å². The summed E-state index contributed by atoms with van der Waals surface area (Å²) in [5.74, 6) is 2.74. The van der Waals surface area contributed by atoms with Gasteiger partial charge in [0.1, 0.15) is 14.1 Å². The fourth-order valence-electron chi connectivity index (χ4n) is 15.7. The van der Waals surface area contributed by atoms with Crippen LogP contribution < -0.4 is 10.2 Å². The zero-order valence-corrected chi connectivity index (χ0v) is 55.1. The molecular formula is C74H44N20Pt2+4. The van der Waals surface area contributed by atoms with E-state index in [0.717, 1.165) is 123 Å². The zero-order chi connectivity index (χ0) is 62.3. The van der Waals surface area contributed by atoms with Gasteiger partial charge in [-0.15, -0.1) is 29.4 Å². The largest absolute Gasteiger partial charge is 2.00 e. The molecule has 96 heavy (non-hydrogen) atoms. The first-order valence-corrected chi connectivity index (χ1v) is 30.2. The Morgan fingerprint density at radius 3 is 0.885 bits per heavy atom. The van der Waals surface area contributed by atoms with Gasteiger partial charge in [-0.25, -0.2) is 0 Å². The molecule has 0 saturated carbocycles. The molecule has 20 nitrogen and oxygen atoms in total. The molecule has 14 aromatic rings. The summed E-state index contributed by atoms with van der Waals surface area (Å²) in [5.41, 5.74) is 17.7. The number of hydrogen-bond acceptors (Lipinski definition) is 14. The third-order valence-corrected chi connectivity index (χ3v) is 19.3. The van der Waals surface area contributed by atoms with Crippen molar-refractivity contribution in [1.29, 1.82) is 0 Å². The van der Waals surface area contributed by atoms with Crippen molar-refractivity contribution in [2.45, 2.75) is 21.9 Å². The van der Waals surface area contributed by atoms with E-state index in [1.165, 1.54) is 0 Å². The number of rotatable bonds is 8. The van der Waals surface area contributed by atoms with Gasteiger partial charge in [0, 0.05) is 143 Å². The van der Waals surface area contributed by atoms with Crippen molar-refractivity contribution in [1.82, 2.24) is 80.2 Å². The van der Waals surface area contributed by atoms with E-state index in [4.69, 9.17) is 9.97 Å². The maximum Gasteiger partial charge on any atom is 2.00 e. The summed E-state index contributed by atoms with van der Waals surface area (Å²) in [6.07, 6.45) is 40.3. The van der Waals surface area contributed by atoms with E-state index in [0.29, 0.717) is 23.3 Å². The van der Waals surface area contributed by atoms with Gasteiger partial charge in [-0.1, -0.05) is 23.3 Å². The van der Waals surface area contributed by atoms with Crippen LogP contribution in [0.3, 0.4) is 0 Å². The van der Waals surface area contributed by atoms with Crippen LogP contribution in [0.4, 0.5) is 23.3 Å². The summed E-state index contributed by atoms with van der Waals surface area (Å²) >= 11 is 0. The quantitative estimate of drug-likeness (QED) is 0.102. The Bertz CT molecular complexity index is 5170. The molecule has 14 heterocycles. The molecule has 22 heteroatoms. The minimum atomic E-state index is -0.994. The van der Waals surface area contributed by atoms with Gasteiger partial charge in [-0.05, 0) is 115 Å². The first kappa shape index (κ1) is 58.2. The third kappa shape index (κ3) is 7.57. The van der Waals surface area contributed by atoms with Crippen LogP contribution in [0, 0.1) is 12.1 Å². The van der Waals surface area contributed by atoms with Gasteiger partial charge in [-0.2, -0.15) is 70.9 Å². The molecule has 6 aliphatic rings. The second-order valence-corrected chi connectivity index (χ2v) is 23.5. The zero-order valence-electron chi connectivity index (χ0n) is 50.5. The first-order valence-electron chi connectivity index (χ1n) is 30.2. The van der Waals surface area contributed by atoms with Crippen molar-refractivity contribution in [3.63, 3.8) is 0 Å². The second kappa shape index (κ2) is 22.0. The van der Waals surface area contributed by atoms with Gasteiger partial charge >= 0.3 is 77.4 Å². The Labute approximate surface area is 576 Å². The average Bonchev–Trinajstić information content (AvgIpc) is 1.53. The molecule has 2 aliphatic heterocycles. The van der Waals surface area contributed by atoms with E-state index >= 15 is 0 Å². The Kier molecular flexibility index (Phi) is 13.3. The van der Waals surface area contributed by atoms with Gasteiger partial charge in [0.25, 0.3) is 0 Å². The molecule has 0 saturated heterocycles. The van der Waals surface area contributed by atoms with Crippen molar-refractivity contribution in [2.24, 2.45) is 0 Å². The predicted molar refractivity (Wildman–Crippen MR) is 339 cm³/mol. The molecule has 0 unspecified atom stereocenters. The smallest absolute Gasteiger partial charge is 0.581 e. The molecular weight excluding hydrogens is 1560 g/mol. The van der Waals surface area contributed by atoms with Gasteiger partial charge < -0.3 is 20.4 Å². The van der Waals surface area contributed by atoms with E-state index in [9.17, 15) is 0 Å². The normalized spacial score (nSPS) is 15.3. The van der Waals surface area contributed by atoms with Gasteiger partial charge in [-0.3, -0.25) is 39.9 Å². The fourth-order valence-corrected chi connectivity index (χ4v) is 15.7. The molecule has 12 aromatic heterocycles. The Hall–Kier alpha value is -11.6. The minimum Gasteiger partial charge on any atom is -0.581 e. The fraction of sp³-hybridized carbons (Fsp3) is 0.0811. The van der Waals surface area contributed by atoms with E-state index in [2.05, 4.69) is 188 Å². The molecule has 0 bridgehead atoms. The third-order valence-electron chi connectivity index (χ3n) is 19.3. The van der Waals surface area contributed by atoms with E-state index in [1.807, 2.05) is 135 Å². The summed E-state index contributed by atoms with van der Waals surface area (Å²) in [7, 11) is 3.86. The second-order valence-electron chi connectivity index (χ2n) is 23.5. The van der Waals surface area contributed by atoms with Crippen LogP contribution in [0.2, 0.25) is 0 Å². The Balaban J connectivity index is 0.000000142. The van der Waals surface area contributed by atoms with E-state index < -0.39 is 21.9 Å². The molecule has 20 rings (SSSR count). The number of nitrogens with zero attached hydrogens (tertiary/aromatic N) is 20. The molecule has 456 valence electrons. The molecule has 0 spiro atoms. The van der Waals surface area contributed by atoms with Crippen LogP contribution >= 0.6 is 0 Å². The number of benzene rings is 2. The number of aromatic nitrogens is 16. The van der Waals surface area contributed by atoms with E-state index in [-0.39, 0.29) is 42.1 Å². The Morgan fingerprint density at radius 1 is 0.323 bits per heavy atom. The van der Waals surface area contributed by atoms with Gasteiger partial charge in [0.2, 0.25) is 11.1 Å². The van der Waals surface area contributed by atoms with Crippen molar-refractivity contribution in [2.75, 3.05) is 14.1 Å². The standard InChI is InChI=1S/2C37H22N10.2Pt/c2*1-46-22-47(35-34(46)42-15-16-43-35)37(31-20-40-12-7-27(31)28-8-13-41-21-32(28)37)24-4-2-3-23(17-24)36(33-9-14-44-45-33)29-18-38-10-5-25(29)26-6-11-39-19-30(26)36;;/h2*2-16,18-21H,1H3;;/q;;2*+2. The molecule has 2 aromatic carbocycles. The summed E-state index contributed by atoms with van der Waals surface area (Å²) in [4.78, 5) is 56.0. The monoisotopic (exact) mass is 1600 g/mol. The summed E-state index contributed by atoms with van der Waals surface area (Å²) in [6.45, 7) is 0. The first-order chi connectivity index (χ1) is 46.5. The van der Waals surface area contributed by atoms with Crippen molar-refractivity contribution in [3.05, 3.63) is 324 Å². The number of hydrogen-bond donors (Lipinski definition) is 0. The number of fused-ring (bicyclic) bond motifs is 14. The minimum absolute atomic E-state index is 0. The topological polar surface area (TPSA) is 221 Å². The van der Waals surface area contributed by atoms with Crippen LogP contribution in [0.1, 0.15) is 78.1 Å². The summed E-state index contributed by atoms with van der Waals surface area (Å²) < 4.78 is 7.88. The van der Waals surface area contributed by atoms with Crippen LogP contribution in [0.5, 0.6) is 0 Å². The molecule has 0 amide bonds. The molecule has 0 fully saturated rings. The van der Waals surface area contributed by atoms with Crippen LogP contribution in [0.25, 0.3) is 44.5 Å². The summed E-state index contributed by atoms with van der Waals surface area (Å²) in [5, 5.41) is 18.0. The van der Waals surface area contributed by atoms with Crippen molar-refractivity contribution < 1.29 is 60.4 Å². The Morgan fingerprint density at radius 2 is 0.594 bits per heavy atom. The summed E-state index contributed by atoms with van der Waals surface area (Å²) in [6, 6.07) is 48.0. The van der Waals surface area contributed by atoms with Crippen molar-refractivity contribution in [3.8, 4) is 44.5 Å². The van der Waals surface area contributed by atoms with Crippen LogP contribution in [-0.2, 0) is 64.0 Å². The maximum absolute atomic E-state index is 4.84. The molecule has 4 aliphatic carbocycles. The van der Waals surface area contributed by atoms with Crippen LogP contribution in [0.15, 0.2) is 233 Å². The predicted octanol–water partition coefficient (Wildman–Crippen LogP) is 9.29. The van der Waals surface area contributed by atoms with Gasteiger partial charge in [0.15, 0.2) is 12.4 Å². The molecule has 0 radical (unpaired) electrons.